The molecule has 2 rings (SSSR count). The molecule has 1 fully saturated rings. The molecule has 100 valence electrons. The van der Waals surface area contributed by atoms with Crippen LogP contribution in [0.25, 0.3) is 0 Å². The Balaban J connectivity index is 1.95. The highest BCUT2D eigenvalue weighted by molar-refractivity contribution is 5.47. The maximum Gasteiger partial charge on any atom is 0.0368 e. The topological polar surface area (TPSA) is 15.3 Å². The van der Waals surface area contributed by atoms with Crippen molar-refractivity contribution in [2.75, 3.05) is 18.0 Å². The summed E-state index contributed by atoms with van der Waals surface area (Å²) in [5, 5.41) is 3.58. The van der Waals surface area contributed by atoms with Crippen LogP contribution in [0.15, 0.2) is 30.3 Å². The van der Waals surface area contributed by atoms with Crippen LogP contribution in [-0.2, 0) is 0 Å². The molecule has 0 bridgehead atoms. The van der Waals surface area contributed by atoms with Crippen molar-refractivity contribution in [3.63, 3.8) is 0 Å². The summed E-state index contributed by atoms with van der Waals surface area (Å²) >= 11 is 0. The molecule has 1 aliphatic carbocycles. The van der Waals surface area contributed by atoms with Crippen molar-refractivity contribution in [2.45, 2.75) is 51.6 Å². The van der Waals surface area contributed by atoms with Gasteiger partial charge in [-0.1, -0.05) is 25.1 Å². The summed E-state index contributed by atoms with van der Waals surface area (Å²) in [6, 6.07) is 12.3. The summed E-state index contributed by atoms with van der Waals surface area (Å²) in [7, 11) is 0. The molecule has 0 aliphatic heterocycles. The van der Waals surface area contributed by atoms with E-state index in [4.69, 9.17) is 0 Å². The van der Waals surface area contributed by atoms with Gasteiger partial charge in [0.15, 0.2) is 0 Å². The number of para-hydroxylation sites is 1. The van der Waals surface area contributed by atoms with Gasteiger partial charge in [0.2, 0.25) is 0 Å². The van der Waals surface area contributed by atoms with Crippen LogP contribution in [-0.4, -0.2) is 25.2 Å². The highest BCUT2D eigenvalue weighted by atomic mass is 15.2. The first-order valence-corrected chi connectivity index (χ1v) is 7.40. The summed E-state index contributed by atoms with van der Waals surface area (Å²) < 4.78 is 0. The highest BCUT2D eigenvalue weighted by Crippen LogP contribution is 2.27. The average Bonchev–Trinajstić information content (AvgIpc) is 2.43. The second-order valence-electron chi connectivity index (χ2n) is 5.18. The van der Waals surface area contributed by atoms with E-state index >= 15 is 0 Å². The number of hydrogen-bond donors (Lipinski definition) is 1. The monoisotopic (exact) mass is 246 g/mol. The van der Waals surface area contributed by atoms with Gasteiger partial charge in [-0.05, 0) is 51.3 Å². The van der Waals surface area contributed by atoms with Gasteiger partial charge in [-0.25, -0.2) is 0 Å². The van der Waals surface area contributed by atoms with Crippen molar-refractivity contribution in [1.82, 2.24) is 5.32 Å². The largest absolute Gasteiger partial charge is 0.369 e. The second-order valence-corrected chi connectivity index (χ2v) is 5.18. The molecule has 1 aliphatic rings. The van der Waals surface area contributed by atoms with Gasteiger partial charge in [0.05, 0.1) is 0 Å². The predicted octanol–water partition coefficient (Wildman–Crippen LogP) is 3.43. The Bertz CT molecular complexity index is 328. The van der Waals surface area contributed by atoms with Crippen LogP contribution in [0.1, 0.15) is 39.5 Å². The molecule has 2 nitrogen and oxygen atoms in total. The van der Waals surface area contributed by atoms with E-state index in [1.165, 1.54) is 31.4 Å². The number of nitrogens with zero attached hydrogens (tertiary/aromatic N) is 1. The Kier molecular flexibility index (Phi) is 5.06. The van der Waals surface area contributed by atoms with E-state index < -0.39 is 0 Å². The minimum absolute atomic E-state index is 0.729. The van der Waals surface area contributed by atoms with E-state index in [2.05, 4.69) is 54.4 Å². The Hall–Kier alpha value is -1.02. The molecule has 0 amide bonds. The van der Waals surface area contributed by atoms with Crippen LogP contribution in [0.3, 0.4) is 0 Å². The first kappa shape index (κ1) is 13.4. The van der Waals surface area contributed by atoms with Gasteiger partial charge in [0, 0.05) is 24.3 Å². The molecular weight excluding hydrogens is 220 g/mol. The summed E-state index contributed by atoms with van der Waals surface area (Å²) in [6.07, 6.45) is 5.28. The van der Waals surface area contributed by atoms with E-state index in [9.17, 15) is 0 Å². The van der Waals surface area contributed by atoms with Gasteiger partial charge in [0.1, 0.15) is 0 Å². The zero-order valence-corrected chi connectivity index (χ0v) is 11.7. The van der Waals surface area contributed by atoms with Crippen LogP contribution < -0.4 is 10.2 Å². The molecule has 0 atom stereocenters. The molecule has 2 heteroatoms. The SMILES string of the molecule is CCNC1CCC(N(CC)c2ccccc2)CC1. The molecule has 1 N–H and O–H groups in total. The molecule has 1 aromatic carbocycles. The van der Waals surface area contributed by atoms with Crippen molar-refractivity contribution in [2.24, 2.45) is 0 Å². The molecule has 0 unspecified atom stereocenters. The molecule has 1 saturated carbocycles. The van der Waals surface area contributed by atoms with E-state index in [1.54, 1.807) is 0 Å². The van der Waals surface area contributed by atoms with Crippen LogP contribution >= 0.6 is 0 Å². The smallest absolute Gasteiger partial charge is 0.0368 e. The first-order chi connectivity index (χ1) is 8.85. The third kappa shape index (κ3) is 3.26. The summed E-state index contributed by atoms with van der Waals surface area (Å²) in [6.45, 7) is 6.68. The van der Waals surface area contributed by atoms with Crippen LogP contribution in [0.4, 0.5) is 5.69 Å². The fourth-order valence-electron chi connectivity index (χ4n) is 3.15. The van der Waals surface area contributed by atoms with Crippen LogP contribution in [0.2, 0.25) is 0 Å². The van der Waals surface area contributed by atoms with Gasteiger partial charge in [-0.15, -0.1) is 0 Å². The highest BCUT2D eigenvalue weighted by Gasteiger charge is 2.24. The predicted molar refractivity (Wildman–Crippen MR) is 79.2 cm³/mol. The zero-order chi connectivity index (χ0) is 12.8. The molecule has 0 spiro atoms. The van der Waals surface area contributed by atoms with Gasteiger partial charge in [-0.3, -0.25) is 0 Å². The lowest BCUT2D eigenvalue weighted by Crippen LogP contribution is -2.42. The average molecular weight is 246 g/mol. The third-order valence-electron chi connectivity index (χ3n) is 4.06. The Morgan fingerprint density at radius 3 is 2.28 bits per heavy atom. The summed E-state index contributed by atoms with van der Waals surface area (Å²) in [5.74, 6) is 0. The zero-order valence-electron chi connectivity index (χ0n) is 11.7. The number of benzene rings is 1. The lowest BCUT2D eigenvalue weighted by molar-refractivity contribution is 0.337. The standard InChI is InChI=1S/C16H26N2/c1-3-17-14-10-12-16(13-11-14)18(4-2)15-8-6-5-7-9-15/h5-9,14,16-17H,3-4,10-13H2,1-2H3. The van der Waals surface area contributed by atoms with Crippen molar-refractivity contribution >= 4 is 5.69 Å². The summed E-state index contributed by atoms with van der Waals surface area (Å²) in [4.78, 5) is 2.57. The molecule has 0 aromatic heterocycles. The Morgan fingerprint density at radius 1 is 1.06 bits per heavy atom. The van der Waals surface area contributed by atoms with Crippen LogP contribution in [0.5, 0.6) is 0 Å². The molecule has 0 saturated heterocycles. The van der Waals surface area contributed by atoms with E-state index in [1.807, 2.05) is 0 Å². The normalized spacial score (nSPS) is 23.9. The van der Waals surface area contributed by atoms with E-state index in [0.29, 0.717) is 0 Å². The van der Waals surface area contributed by atoms with Crippen molar-refractivity contribution in [3.8, 4) is 0 Å². The lowest BCUT2D eigenvalue weighted by Gasteiger charge is -2.38. The number of anilines is 1. The fraction of sp³-hybridized carbons (Fsp3) is 0.625. The van der Waals surface area contributed by atoms with Gasteiger partial charge in [-0.2, -0.15) is 0 Å². The minimum Gasteiger partial charge on any atom is -0.369 e. The first-order valence-electron chi connectivity index (χ1n) is 7.40. The number of rotatable bonds is 5. The number of nitrogens with one attached hydrogen (secondary N) is 1. The summed E-state index contributed by atoms with van der Waals surface area (Å²) in [5.41, 5.74) is 1.38. The molecular formula is C16H26N2. The van der Waals surface area contributed by atoms with Crippen LogP contribution in [0, 0.1) is 0 Å². The fourth-order valence-corrected chi connectivity index (χ4v) is 3.15. The maximum absolute atomic E-state index is 3.58. The molecule has 0 radical (unpaired) electrons. The number of hydrogen-bond acceptors (Lipinski definition) is 2. The Morgan fingerprint density at radius 2 is 1.72 bits per heavy atom. The van der Waals surface area contributed by atoms with E-state index in [0.717, 1.165) is 25.2 Å². The molecule has 18 heavy (non-hydrogen) atoms. The third-order valence-corrected chi connectivity index (χ3v) is 4.06. The van der Waals surface area contributed by atoms with Crippen molar-refractivity contribution in [3.05, 3.63) is 30.3 Å². The quantitative estimate of drug-likeness (QED) is 0.856. The van der Waals surface area contributed by atoms with E-state index in [-0.39, 0.29) is 0 Å². The van der Waals surface area contributed by atoms with Crippen molar-refractivity contribution in [1.29, 1.82) is 0 Å². The van der Waals surface area contributed by atoms with Crippen molar-refractivity contribution < 1.29 is 0 Å². The van der Waals surface area contributed by atoms with Gasteiger partial charge < -0.3 is 10.2 Å². The maximum atomic E-state index is 3.58. The van der Waals surface area contributed by atoms with Gasteiger partial charge >= 0.3 is 0 Å². The molecule has 1 aromatic rings. The Labute approximate surface area is 111 Å². The lowest BCUT2D eigenvalue weighted by atomic mass is 9.90. The molecule has 0 heterocycles. The second kappa shape index (κ2) is 6.79. The van der Waals surface area contributed by atoms with Gasteiger partial charge in [0.25, 0.3) is 0 Å². The minimum atomic E-state index is 0.729.